The Kier molecular flexibility index (Phi) is 5.17. The lowest BCUT2D eigenvalue weighted by atomic mass is 10.2. The summed E-state index contributed by atoms with van der Waals surface area (Å²) in [6, 6.07) is 11.0. The Labute approximate surface area is 129 Å². The minimum absolute atomic E-state index is 0.0604. The number of carbonyl (C=O) groups is 1. The second kappa shape index (κ2) is 7.09. The number of carbonyl (C=O) groups excluding carboxylic acids is 1. The second-order valence-corrected chi connectivity index (χ2v) is 4.98. The Morgan fingerprint density at radius 3 is 2.57 bits per heavy atom. The maximum absolute atomic E-state index is 12.3. The highest BCUT2D eigenvalue weighted by atomic mass is 35.5. The van der Waals surface area contributed by atoms with E-state index in [4.69, 9.17) is 11.6 Å². The third-order valence-electron chi connectivity index (χ3n) is 3.14. The van der Waals surface area contributed by atoms with Crippen molar-refractivity contribution in [1.82, 2.24) is 9.88 Å². The van der Waals surface area contributed by atoms with E-state index in [-0.39, 0.29) is 5.91 Å². The first-order valence-electron chi connectivity index (χ1n) is 6.92. The van der Waals surface area contributed by atoms with Gasteiger partial charge in [-0.1, -0.05) is 17.7 Å². The van der Waals surface area contributed by atoms with Gasteiger partial charge in [0.25, 0.3) is 5.91 Å². The zero-order chi connectivity index (χ0) is 15.2. The molecule has 1 aromatic heterocycles. The average molecular weight is 304 g/mol. The number of benzene rings is 1. The van der Waals surface area contributed by atoms with E-state index in [1.54, 1.807) is 17.2 Å². The van der Waals surface area contributed by atoms with Gasteiger partial charge < -0.3 is 10.2 Å². The quantitative estimate of drug-likeness (QED) is 0.909. The first-order valence-corrected chi connectivity index (χ1v) is 7.29. The zero-order valence-corrected chi connectivity index (χ0v) is 12.9. The topological polar surface area (TPSA) is 45.2 Å². The highest BCUT2D eigenvalue weighted by Gasteiger charge is 2.14. The molecule has 21 heavy (non-hydrogen) atoms. The molecular weight excluding hydrogens is 286 g/mol. The normalized spacial score (nSPS) is 10.2. The fourth-order valence-electron chi connectivity index (χ4n) is 2.03. The molecule has 0 saturated carbocycles. The molecule has 0 aliphatic rings. The van der Waals surface area contributed by atoms with Crippen LogP contribution >= 0.6 is 11.6 Å². The highest BCUT2D eigenvalue weighted by Crippen LogP contribution is 2.20. The predicted octanol–water partition coefficient (Wildman–Crippen LogP) is 3.96. The highest BCUT2D eigenvalue weighted by molar-refractivity contribution is 6.30. The number of hydrogen-bond donors (Lipinski definition) is 1. The molecule has 4 nitrogen and oxygen atoms in total. The van der Waals surface area contributed by atoms with Crippen molar-refractivity contribution in [3.05, 3.63) is 53.3 Å². The first-order chi connectivity index (χ1) is 10.1. The number of aromatic nitrogens is 1. The summed E-state index contributed by atoms with van der Waals surface area (Å²) in [4.78, 5) is 18.2. The van der Waals surface area contributed by atoms with Crippen molar-refractivity contribution in [2.45, 2.75) is 13.8 Å². The molecule has 0 saturated heterocycles. The van der Waals surface area contributed by atoms with E-state index in [2.05, 4.69) is 10.3 Å². The largest absolute Gasteiger partial charge is 0.355 e. The van der Waals surface area contributed by atoms with E-state index in [1.165, 1.54) is 0 Å². The third-order valence-corrected chi connectivity index (χ3v) is 3.38. The lowest BCUT2D eigenvalue weighted by molar-refractivity contribution is 0.0767. The average Bonchev–Trinajstić information content (AvgIpc) is 2.48. The van der Waals surface area contributed by atoms with E-state index < -0.39 is 0 Å². The molecule has 0 aliphatic heterocycles. The van der Waals surface area contributed by atoms with Crippen molar-refractivity contribution in [2.75, 3.05) is 18.4 Å². The van der Waals surface area contributed by atoms with Crippen LogP contribution in [0, 0.1) is 0 Å². The molecule has 0 bridgehead atoms. The molecule has 0 unspecified atom stereocenters. The summed E-state index contributed by atoms with van der Waals surface area (Å²) >= 11 is 5.96. The number of amides is 1. The van der Waals surface area contributed by atoms with Gasteiger partial charge >= 0.3 is 0 Å². The van der Waals surface area contributed by atoms with E-state index in [1.807, 2.05) is 44.2 Å². The van der Waals surface area contributed by atoms with Crippen LogP contribution in [0.2, 0.25) is 5.02 Å². The fraction of sp³-hybridized carbons (Fsp3) is 0.250. The van der Waals surface area contributed by atoms with Gasteiger partial charge in [0, 0.05) is 35.7 Å². The Hall–Kier alpha value is -2.07. The summed E-state index contributed by atoms with van der Waals surface area (Å²) in [5, 5.41) is 3.88. The van der Waals surface area contributed by atoms with Crippen molar-refractivity contribution in [2.24, 2.45) is 0 Å². The van der Waals surface area contributed by atoms with E-state index in [9.17, 15) is 4.79 Å². The number of nitrogens with zero attached hydrogens (tertiary/aromatic N) is 2. The maximum atomic E-state index is 12.3. The van der Waals surface area contributed by atoms with E-state index >= 15 is 0 Å². The van der Waals surface area contributed by atoms with Gasteiger partial charge in [0.1, 0.15) is 5.69 Å². The van der Waals surface area contributed by atoms with Crippen LogP contribution in [0.25, 0.3) is 0 Å². The SMILES string of the molecule is CCN(CC)C(=O)c1cc(Nc2cccc(Cl)c2)ccn1. The maximum Gasteiger partial charge on any atom is 0.272 e. The summed E-state index contributed by atoms with van der Waals surface area (Å²) in [5.41, 5.74) is 2.11. The fourth-order valence-corrected chi connectivity index (χ4v) is 2.22. The number of pyridine rings is 1. The van der Waals surface area contributed by atoms with E-state index in [0.717, 1.165) is 11.4 Å². The van der Waals surface area contributed by atoms with Gasteiger partial charge in [0.2, 0.25) is 0 Å². The van der Waals surface area contributed by atoms with Crippen molar-refractivity contribution in [3.63, 3.8) is 0 Å². The Morgan fingerprint density at radius 1 is 1.19 bits per heavy atom. The monoisotopic (exact) mass is 303 g/mol. The van der Waals surface area contributed by atoms with Gasteiger partial charge in [-0.05, 0) is 44.2 Å². The Morgan fingerprint density at radius 2 is 1.90 bits per heavy atom. The molecule has 1 aromatic carbocycles. The predicted molar refractivity (Wildman–Crippen MR) is 86.2 cm³/mol. The molecule has 0 spiro atoms. The molecule has 5 heteroatoms. The molecule has 2 rings (SSSR count). The molecule has 0 fully saturated rings. The van der Waals surface area contributed by atoms with Gasteiger partial charge in [0.05, 0.1) is 0 Å². The van der Waals surface area contributed by atoms with Crippen molar-refractivity contribution in [1.29, 1.82) is 0 Å². The Balaban J connectivity index is 2.20. The van der Waals surface area contributed by atoms with Crippen LogP contribution in [0.4, 0.5) is 11.4 Å². The van der Waals surface area contributed by atoms with Crippen LogP contribution in [0.3, 0.4) is 0 Å². The van der Waals surface area contributed by atoms with Crippen LogP contribution in [-0.2, 0) is 0 Å². The molecular formula is C16H18ClN3O. The summed E-state index contributed by atoms with van der Waals surface area (Å²) in [5.74, 6) is -0.0604. The van der Waals surface area contributed by atoms with Crippen LogP contribution in [0.5, 0.6) is 0 Å². The number of halogens is 1. The molecule has 110 valence electrons. The van der Waals surface area contributed by atoms with Gasteiger partial charge in [0.15, 0.2) is 0 Å². The zero-order valence-electron chi connectivity index (χ0n) is 12.1. The summed E-state index contributed by atoms with van der Waals surface area (Å²) < 4.78 is 0. The van der Waals surface area contributed by atoms with Crippen LogP contribution in [-0.4, -0.2) is 28.9 Å². The number of rotatable bonds is 5. The van der Waals surface area contributed by atoms with Crippen molar-refractivity contribution >= 4 is 28.9 Å². The molecule has 0 atom stereocenters. The summed E-state index contributed by atoms with van der Waals surface area (Å²) in [6.45, 7) is 5.25. The molecule has 1 heterocycles. The minimum Gasteiger partial charge on any atom is -0.355 e. The Bertz CT molecular complexity index is 626. The summed E-state index contributed by atoms with van der Waals surface area (Å²) in [6.07, 6.45) is 1.63. The summed E-state index contributed by atoms with van der Waals surface area (Å²) in [7, 11) is 0. The molecule has 1 N–H and O–H groups in total. The van der Waals surface area contributed by atoms with Gasteiger partial charge in [-0.2, -0.15) is 0 Å². The van der Waals surface area contributed by atoms with Gasteiger partial charge in [-0.25, -0.2) is 0 Å². The molecule has 0 aliphatic carbocycles. The van der Waals surface area contributed by atoms with Crippen LogP contribution in [0.1, 0.15) is 24.3 Å². The lowest BCUT2D eigenvalue weighted by Crippen LogP contribution is -2.31. The first kappa shape index (κ1) is 15.3. The van der Waals surface area contributed by atoms with Gasteiger partial charge in [-0.3, -0.25) is 9.78 Å². The molecule has 0 radical (unpaired) electrons. The van der Waals surface area contributed by atoms with Gasteiger partial charge in [-0.15, -0.1) is 0 Å². The smallest absolute Gasteiger partial charge is 0.272 e. The van der Waals surface area contributed by atoms with Crippen LogP contribution < -0.4 is 5.32 Å². The minimum atomic E-state index is -0.0604. The van der Waals surface area contributed by atoms with Crippen molar-refractivity contribution < 1.29 is 4.79 Å². The number of hydrogen-bond acceptors (Lipinski definition) is 3. The number of nitrogens with one attached hydrogen (secondary N) is 1. The van der Waals surface area contributed by atoms with E-state index in [0.29, 0.717) is 23.8 Å². The molecule has 2 aromatic rings. The van der Waals surface area contributed by atoms with Crippen LogP contribution in [0.15, 0.2) is 42.6 Å². The second-order valence-electron chi connectivity index (χ2n) is 4.54. The van der Waals surface area contributed by atoms with Crippen molar-refractivity contribution in [3.8, 4) is 0 Å². The third kappa shape index (κ3) is 3.95. The lowest BCUT2D eigenvalue weighted by Gasteiger charge is -2.18. The standard InChI is InChI=1S/C16H18ClN3O/c1-3-20(4-2)16(21)15-11-14(8-9-18-15)19-13-7-5-6-12(17)10-13/h5-11H,3-4H2,1-2H3,(H,18,19). The molecule has 1 amide bonds. The number of anilines is 2.